The fourth-order valence-electron chi connectivity index (χ4n) is 2.11. The van der Waals surface area contributed by atoms with Crippen molar-refractivity contribution in [3.63, 3.8) is 0 Å². The average molecular weight is 316 g/mol. The number of hydrogen-bond acceptors (Lipinski definition) is 3. The number of ether oxygens (including phenoxy) is 1. The van der Waals surface area contributed by atoms with Crippen molar-refractivity contribution in [2.75, 3.05) is 6.61 Å². The monoisotopic (exact) mass is 315 g/mol. The van der Waals surface area contributed by atoms with Crippen molar-refractivity contribution in [1.29, 1.82) is 0 Å². The zero-order valence-corrected chi connectivity index (χ0v) is 12.2. The topological polar surface area (TPSA) is 56.2 Å². The van der Waals surface area contributed by atoms with E-state index in [0.717, 1.165) is 29.6 Å². The minimum Gasteiger partial charge on any atom is -0.376 e. The Kier molecular flexibility index (Phi) is 4.40. The molecular formula is C12H18BrN3O2. The Morgan fingerprint density at radius 1 is 1.78 bits per heavy atom. The fraction of sp³-hybridized carbons (Fsp3) is 0.667. The molecule has 2 atom stereocenters. The molecule has 0 radical (unpaired) electrons. The normalized spacial score (nSPS) is 20.9. The third kappa shape index (κ3) is 3.32. The SMILES string of the molecule is Cc1nn(CC(=O)N[C@H](C)[C@@H]2CCCO2)cc1Br. The maximum atomic E-state index is 11.9. The molecule has 1 aromatic heterocycles. The molecule has 0 spiro atoms. The van der Waals surface area contributed by atoms with Crippen molar-refractivity contribution in [1.82, 2.24) is 15.1 Å². The molecule has 0 aliphatic carbocycles. The molecule has 2 rings (SSSR count). The summed E-state index contributed by atoms with van der Waals surface area (Å²) >= 11 is 3.38. The summed E-state index contributed by atoms with van der Waals surface area (Å²) in [7, 11) is 0. The third-order valence-electron chi connectivity index (χ3n) is 3.10. The van der Waals surface area contributed by atoms with Gasteiger partial charge in [-0.25, -0.2) is 0 Å². The summed E-state index contributed by atoms with van der Waals surface area (Å²) in [6.07, 6.45) is 4.07. The van der Waals surface area contributed by atoms with E-state index in [1.165, 1.54) is 0 Å². The van der Waals surface area contributed by atoms with Crippen LogP contribution in [0, 0.1) is 6.92 Å². The molecule has 1 aromatic rings. The second-order valence-electron chi connectivity index (χ2n) is 4.67. The standard InChI is InChI=1S/C12H18BrN3O2/c1-8-10(13)6-16(15-8)7-12(17)14-9(2)11-4-3-5-18-11/h6,9,11H,3-5,7H2,1-2H3,(H,14,17)/t9-,11+/m1/s1. The van der Waals surface area contributed by atoms with Crippen LogP contribution in [0.5, 0.6) is 0 Å². The van der Waals surface area contributed by atoms with E-state index in [1.807, 2.05) is 20.0 Å². The molecule has 2 heterocycles. The number of hydrogen-bond donors (Lipinski definition) is 1. The zero-order chi connectivity index (χ0) is 13.1. The van der Waals surface area contributed by atoms with Gasteiger partial charge in [0.25, 0.3) is 0 Å². The first-order chi connectivity index (χ1) is 8.56. The van der Waals surface area contributed by atoms with Gasteiger partial charge in [0, 0.05) is 12.8 Å². The van der Waals surface area contributed by atoms with Crippen LogP contribution in [0.3, 0.4) is 0 Å². The molecular weight excluding hydrogens is 298 g/mol. The number of nitrogens with zero attached hydrogens (tertiary/aromatic N) is 2. The van der Waals surface area contributed by atoms with Gasteiger partial charge in [0.05, 0.1) is 22.3 Å². The van der Waals surface area contributed by atoms with Crippen molar-refractivity contribution >= 4 is 21.8 Å². The van der Waals surface area contributed by atoms with Gasteiger partial charge in [-0.3, -0.25) is 9.48 Å². The van der Waals surface area contributed by atoms with Crippen LogP contribution < -0.4 is 5.32 Å². The molecule has 1 saturated heterocycles. The van der Waals surface area contributed by atoms with E-state index in [9.17, 15) is 4.79 Å². The molecule has 1 aliphatic rings. The van der Waals surface area contributed by atoms with Crippen LogP contribution >= 0.6 is 15.9 Å². The first-order valence-electron chi connectivity index (χ1n) is 6.17. The lowest BCUT2D eigenvalue weighted by molar-refractivity contribution is -0.123. The largest absolute Gasteiger partial charge is 0.376 e. The first kappa shape index (κ1) is 13.5. The number of carbonyl (C=O) groups is 1. The van der Waals surface area contributed by atoms with Crippen LogP contribution in [0.4, 0.5) is 0 Å². The highest BCUT2D eigenvalue weighted by Gasteiger charge is 2.23. The molecule has 1 N–H and O–H groups in total. The van der Waals surface area contributed by atoms with Gasteiger partial charge < -0.3 is 10.1 Å². The molecule has 1 amide bonds. The van der Waals surface area contributed by atoms with Crippen molar-refractivity contribution in [3.05, 3.63) is 16.4 Å². The minimum absolute atomic E-state index is 0.0343. The lowest BCUT2D eigenvalue weighted by atomic mass is 10.1. The molecule has 0 unspecified atom stereocenters. The molecule has 1 aliphatic heterocycles. The highest BCUT2D eigenvalue weighted by molar-refractivity contribution is 9.10. The van der Waals surface area contributed by atoms with Gasteiger partial charge in [-0.2, -0.15) is 5.10 Å². The molecule has 0 bridgehead atoms. The lowest BCUT2D eigenvalue weighted by Gasteiger charge is -2.19. The molecule has 6 heteroatoms. The summed E-state index contributed by atoms with van der Waals surface area (Å²) in [4.78, 5) is 11.9. The second-order valence-corrected chi connectivity index (χ2v) is 5.52. The lowest BCUT2D eigenvalue weighted by Crippen LogP contribution is -2.42. The highest BCUT2D eigenvalue weighted by Crippen LogP contribution is 2.15. The Morgan fingerprint density at radius 3 is 3.11 bits per heavy atom. The van der Waals surface area contributed by atoms with Crippen LogP contribution in [0.1, 0.15) is 25.5 Å². The van der Waals surface area contributed by atoms with Crippen molar-refractivity contribution in [3.8, 4) is 0 Å². The molecule has 5 nitrogen and oxygen atoms in total. The predicted octanol–water partition coefficient (Wildman–Crippen LogP) is 1.64. The Morgan fingerprint density at radius 2 is 2.56 bits per heavy atom. The summed E-state index contributed by atoms with van der Waals surface area (Å²) in [6.45, 7) is 4.92. The van der Waals surface area contributed by atoms with Crippen LogP contribution in [0.15, 0.2) is 10.7 Å². The van der Waals surface area contributed by atoms with Crippen LogP contribution in [0.2, 0.25) is 0 Å². The summed E-state index contributed by atoms with van der Waals surface area (Å²) < 4.78 is 8.10. The number of carbonyl (C=O) groups excluding carboxylic acids is 1. The summed E-state index contributed by atoms with van der Waals surface area (Å²) in [5.41, 5.74) is 0.884. The third-order valence-corrected chi connectivity index (χ3v) is 3.88. The molecule has 100 valence electrons. The van der Waals surface area contributed by atoms with Gasteiger partial charge in [-0.1, -0.05) is 0 Å². The number of aromatic nitrogens is 2. The second kappa shape index (κ2) is 5.84. The van der Waals surface area contributed by atoms with Gasteiger partial charge in [0.2, 0.25) is 5.91 Å². The maximum Gasteiger partial charge on any atom is 0.242 e. The van der Waals surface area contributed by atoms with E-state index in [4.69, 9.17) is 4.74 Å². The van der Waals surface area contributed by atoms with E-state index in [2.05, 4.69) is 26.3 Å². The van der Waals surface area contributed by atoms with Crippen molar-refractivity contribution < 1.29 is 9.53 Å². The molecule has 0 saturated carbocycles. The quantitative estimate of drug-likeness (QED) is 0.919. The Hall–Kier alpha value is -0.880. The van der Waals surface area contributed by atoms with E-state index in [1.54, 1.807) is 4.68 Å². The molecule has 0 aromatic carbocycles. The number of amides is 1. The van der Waals surface area contributed by atoms with Crippen LogP contribution in [-0.4, -0.2) is 34.4 Å². The van der Waals surface area contributed by atoms with Crippen molar-refractivity contribution in [2.45, 2.75) is 45.4 Å². The van der Waals surface area contributed by atoms with Gasteiger partial charge >= 0.3 is 0 Å². The Balaban J connectivity index is 1.84. The van der Waals surface area contributed by atoms with Gasteiger partial charge in [-0.05, 0) is 42.6 Å². The smallest absolute Gasteiger partial charge is 0.242 e. The van der Waals surface area contributed by atoms with Crippen molar-refractivity contribution in [2.24, 2.45) is 0 Å². The van der Waals surface area contributed by atoms with Crippen LogP contribution in [0.25, 0.3) is 0 Å². The Bertz CT molecular complexity index is 407. The van der Waals surface area contributed by atoms with E-state index >= 15 is 0 Å². The maximum absolute atomic E-state index is 11.9. The number of nitrogens with one attached hydrogen (secondary N) is 1. The minimum atomic E-state index is -0.0343. The number of halogens is 1. The fourth-order valence-corrected chi connectivity index (χ4v) is 2.43. The predicted molar refractivity (Wildman–Crippen MR) is 71.2 cm³/mol. The van der Waals surface area contributed by atoms with Crippen LogP contribution in [-0.2, 0) is 16.1 Å². The Labute approximate surface area is 115 Å². The van der Waals surface area contributed by atoms with Gasteiger partial charge in [0.1, 0.15) is 6.54 Å². The average Bonchev–Trinajstić information content (AvgIpc) is 2.89. The summed E-state index contributed by atoms with van der Waals surface area (Å²) in [6, 6.07) is 0.0556. The van der Waals surface area contributed by atoms with E-state index in [0.29, 0.717) is 0 Å². The molecule has 18 heavy (non-hydrogen) atoms. The summed E-state index contributed by atoms with van der Waals surface area (Å²) in [5, 5.41) is 7.19. The molecule has 1 fully saturated rings. The zero-order valence-electron chi connectivity index (χ0n) is 10.6. The first-order valence-corrected chi connectivity index (χ1v) is 6.96. The van der Waals surface area contributed by atoms with E-state index in [-0.39, 0.29) is 24.6 Å². The number of rotatable bonds is 4. The van der Waals surface area contributed by atoms with Gasteiger partial charge in [-0.15, -0.1) is 0 Å². The summed E-state index contributed by atoms with van der Waals surface area (Å²) in [5.74, 6) is -0.0343. The highest BCUT2D eigenvalue weighted by atomic mass is 79.9. The number of aryl methyl sites for hydroxylation is 1. The van der Waals surface area contributed by atoms with E-state index < -0.39 is 0 Å². The van der Waals surface area contributed by atoms with Gasteiger partial charge in [0.15, 0.2) is 0 Å².